The fourth-order valence-corrected chi connectivity index (χ4v) is 2.82. The Kier molecular flexibility index (Phi) is 3.48. The van der Waals surface area contributed by atoms with Crippen molar-refractivity contribution < 1.29 is 0 Å². The van der Waals surface area contributed by atoms with Crippen LogP contribution in [0.1, 0.15) is 25.1 Å². The average molecular weight is 265 g/mol. The molecule has 2 aromatic rings. The molecule has 96 valence electrons. The minimum Gasteiger partial charge on any atom is -0.303 e. The van der Waals surface area contributed by atoms with Crippen molar-refractivity contribution in [3.63, 3.8) is 0 Å². The first-order chi connectivity index (χ1) is 8.84. The van der Waals surface area contributed by atoms with Gasteiger partial charge in [-0.05, 0) is 38.1 Å². The van der Waals surface area contributed by atoms with E-state index in [4.69, 9.17) is 11.6 Å². The van der Waals surface area contributed by atoms with Crippen molar-refractivity contribution in [3.8, 4) is 0 Å². The monoisotopic (exact) mass is 264 g/mol. The summed E-state index contributed by atoms with van der Waals surface area (Å²) in [6.07, 6.45) is 4.92. The first-order valence-electron chi connectivity index (χ1n) is 6.55. The third-order valence-electron chi connectivity index (χ3n) is 3.55. The normalized spacial score (nSPS) is 17.4. The molecule has 0 saturated carbocycles. The second-order valence-electron chi connectivity index (χ2n) is 4.81. The maximum Gasteiger partial charge on any atom is 0.161 e. The Labute approximate surface area is 112 Å². The summed E-state index contributed by atoms with van der Waals surface area (Å²) in [6, 6.07) is 5.71. The molecule has 1 aliphatic rings. The number of aromatic nitrogens is 3. The van der Waals surface area contributed by atoms with Crippen LogP contribution in [0.25, 0.3) is 5.65 Å². The lowest BCUT2D eigenvalue weighted by atomic mass is 10.1. The lowest BCUT2D eigenvalue weighted by molar-refractivity contribution is 0.230. The fraction of sp³-hybridized carbons (Fsp3) is 0.538. The quantitative estimate of drug-likeness (QED) is 0.799. The number of hydrogen-bond donors (Lipinski definition) is 0. The van der Waals surface area contributed by atoms with E-state index >= 15 is 0 Å². The number of piperidine rings is 1. The van der Waals surface area contributed by atoms with Gasteiger partial charge in [-0.3, -0.25) is 4.40 Å². The first kappa shape index (κ1) is 11.9. The van der Waals surface area contributed by atoms with Gasteiger partial charge in [0.25, 0.3) is 0 Å². The topological polar surface area (TPSA) is 33.4 Å². The number of halogens is 1. The van der Waals surface area contributed by atoms with Crippen LogP contribution in [0.15, 0.2) is 18.2 Å². The average Bonchev–Trinajstić information content (AvgIpc) is 2.82. The van der Waals surface area contributed by atoms with Gasteiger partial charge in [0, 0.05) is 13.0 Å². The van der Waals surface area contributed by atoms with Gasteiger partial charge < -0.3 is 4.90 Å². The maximum absolute atomic E-state index is 6.19. The molecule has 4 nitrogen and oxygen atoms in total. The fourth-order valence-electron chi connectivity index (χ4n) is 2.56. The molecule has 0 spiro atoms. The van der Waals surface area contributed by atoms with E-state index in [2.05, 4.69) is 15.1 Å². The molecule has 18 heavy (non-hydrogen) atoms. The minimum atomic E-state index is 0.686. The molecule has 0 radical (unpaired) electrons. The van der Waals surface area contributed by atoms with Gasteiger partial charge in [0.05, 0.1) is 0 Å². The standard InChI is InChI=1S/C13H17ClN4/c14-11-5-4-6-12-15-16-13(18(11)12)7-10-17-8-2-1-3-9-17/h4-6H,1-3,7-10H2. The number of hydrogen-bond acceptors (Lipinski definition) is 3. The highest BCUT2D eigenvalue weighted by Crippen LogP contribution is 2.15. The summed E-state index contributed by atoms with van der Waals surface area (Å²) >= 11 is 6.19. The summed E-state index contributed by atoms with van der Waals surface area (Å²) in [5, 5.41) is 9.08. The first-order valence-corrected chi connectivity index (χ1v) is 6.93. The Hall–Kier alpha value is -1.13. The highest BCUT2D eigenvalue weighted by Gasteiger charge is 2.13. The van der Waals surface area contributed by atoms with E-state index in [-0.39, 0.29) is 0 Å². The summed E-state index contributed by atoms with van der Waals surface area (Å²) in [4.78, 5) is 2.50. The molecule has 0 unspecified atom stereocenters. The number of fused-ring (bicyclic) bond motifs is 1. The minimum absolute atomic E-state index is 0.686. The Morgan fingerprint density at radius 3 is 2.78 bits per heavy atom. The number of pyridine rings is 1. The van der Waals surface area contributed by atoms with Crippen LogP contribution in [-0.2, 0) is 6.42 Å². The van der Waals surface area contributed by atoms with Gasteiger partial charge in [0.1, 0.15) is 11.0 Å². The zero-order valence-corrected chi connectivity index (χ0v) is 11.1. The van der Waals surface area contributed by atoms with Crippen molar-refractivity contribution in [2.75, 3.05) is 19.6 Å². The van der Waals surface area contributed by atoms with Crippen LogP contribution in [0.2, 0.25) is 5.15 Å². The van der Waals surface area contributed by atoms with Crippen molar-refractivity contribution in [2.24, 2.45) is 0 Å². The van der Waals surface area contributed by atoms with Crippen LogP contribution in [0, 0.1) is 0 Å². The molecule has 0 bridgehead atoms. The number of nitrogens with zero attached hydrogens (tertiary/aromatic N) is 4. The van der Waals surface area contributed by atoms with E-state index in [9.17, 15) is 0 Å². The molecule has 0 aliphatic carbocycles. The lowest BCUT2D eigenvalue weighted by Gasteiger charge is -2.25. The van der Waals surface area contributed by atoms with Gasteiger partial charge in [-0.25, -0.2) is 0 Å². The summed E-state index contributed by atoms with van der Waals surface area (Å²) in [7, 11) is 0. The van der Waals surface area contributed by atoms with Crippen LogP contribution in [0.5, 0.6) is 0 Å². The van der Waals surface area contributed by atoms with Gasteiger partial charge >= 0.3 is 0 Å². The SMILES string of the molecule is Clc1cccc2nnc(CCN3CCCCC3)n12. The summed E-state index contributed by atoms with van der Waals surface area (Å²) in [6.45, 7) is 3.47. The Morgan fingerprint density at radius 1 is 1.11 bits per heavy atom. The van der Waals surface area contributed by atoms with E-state index in [1.807, 2.05) is 22.6 Å². The molecule has 0 atom stereocenters. The van der Waals surface area contributed by atoms with Gasteiger partial charge in [-0.1, -0.05) is 24.1 Å². The van der Waals surface area contributed by atoms with Crippen LogP contribution in [-0.4, -0.2) is 39.1 Å². The third-order valence-corrected chi connectivity index (χ3v) is 3.84. The van der Waals surface area contributed by atoms with E-state index in [0.717, 1.165) is 24.4 Å². The van der Waals surface area contributed by atoms with Crippen LogP contribution in [0.3, 0.4) is 0 Å². The molecule has 3 heterocycles. The van der Waals surface area contributed by atoms with E-state index in [0.29, 0.717) is 5.15 Å². The lowest BCUT2D eigenvalue weighted by Crippen LogP contribution is -2.31. The molecule has 2 aromatic heterocycles. The zero-order valence-electron chi connectivity index (χ0n) is 10.3. The Balaban J connectivity index is 1.74. The van der Waals surface area contributed by atoms with Crippen LogP contribution in [0.4, 0.5) is 0 Å². The largest absolute Gasteiger partial charge is 0.303 e. The number of rotatable bonds is 3. The third kappa shape index (κ3) is 2.35. The van der Waals surface area contributed by atoms with Crippen molar-refractivity contribution in [2.45, 2.75) is 25.7 Å². The molecule has 0 N–H and O–H groups in total. The predicted octanol–water partition coefficient (Wildman–Crippen LogP) is 2.41. The molecular weight excluding hydrogens is 248 g/mol. The summed E-state index contributed by atoms with van der Waals surface area (Å²) < 4.78 is 1.94. The summed E-state index contributed by atoms with van der Waals surface area (Å²) in [5.74, 6) is 0.959. The molecule has 3 rings (SSSR count). The molecule has 0 amide bonds. The molecule has 1 saturated heterocycles. The second kappa shape index (κ2) is 5.24. The van der Waals surface area contributed by atoms with Crippen LogP contribution < -0.4 is 0 Å². The summed E-state index contributed by atoms with van der Waals surface area (Å²) in [5.41, 5.74) is 0.830. The Bertz CT molecular complexity index is 531. The van der Waals surface area contributed by atoms with Gasteiger partial charge in [-0.15, -0.1) is 10.2 Å². The van der Waals surface area contributed by atoms with Crippen molar-refractivity contribution in [1.29, 1.82) is 0 Å². The van der Waals surface area contributed by atoms with Crippen molar-refractivity contribution >= 4 is 17.2 Å². The van der Waals surface area contributed by atoms with Crippen LogP contribution >= 0.6 is 11.6 Å². The molecule has 5 heteroatoms. The Morgan fingerprint density at radius 2 is 1.94 bits per heavy atom. The van der Waals surface area contributed by atoms with E-state index in [1.54, 1.807) is 0 Å². The van der Waals surface area contributed by atoms with E-state index in [1.165, 1.54) is 32.4 Å². The van der Waals surface area contributed by atoms with E-state index < -0.39 is 0 Å². The van der Waals surface area contributed by atoms with Crippen molar-refractivity contribution in [1.82, 2.24) is 19.5 Å². The molecule has 0 aromatic carbocycles. The van der Waals surface area contributed by atoms with Gasteiger partial charge in [-0.2, -0.15) is 0 Å². The zero-order chi connectivity index (χ0) is 12.4. The maximum atomic E-state index is 6.19. The second-order valence-corrected chi connectivity index (χ2v) is 5.20. The molecular formula is C13H17ClN4. The number of likely N-dealkylation sites (tertiary alicyclic amines) is 1. The van der Waals surface area contributed by atoms with Gasteiger partial charge in [0.2, 0.25) is 0 Å². The van der Waals surface area contributed by atoms with Crippen molar-refractivity contribution in [3.05, 3.63) is 29.2 Å². The predicted molar refractivity (Wildman–Crippen MR) is 72.0 cm³/mol. The van der Waals surface area contributed by atoms with Gasteiger partial charge in [0.15, 0.2) is 5.65 Å². The molecule has 1 aliphatic heterocycles. The smallest absolute Gasteiger partial charge is 0.161 e. The molecule has 1 fully saturated rings. The highest BCUT2D eigenvalue weighted by molar-refractivity contribution is 6.29. The highest BCUT2D eigenvalue weighted by atomic mass is 35.5.